The van der Waals surface area contributed by atoms with E-state index in [9.17, 15) is 4.79 Å². The Hall–Kier alpha value is -1.78. The Bertz CT molecular complexity index is 417. The number of aromatic nitrogens is 1. The number of ether oxygens (including phenoxy) is 1. The van der Waals surface area contributed by atoms with Crippen LogP contribution in [0.15, 0.2) is 18.3 Å². The lowest BCUT2D eigenvalue weighted by molar-refractivity contribution is -0.130. The van der Waals surface area contributed by atoms with E-state index in [0.29, 0.717) is 18.2 Å². The number of pyridine rings is 1. The predicted molar refractivity (Wildman–Crippen MR) is 74.3 cm³/mol. The summed E-state index contributed by atoms with van der Waals surface area (Å²) < 4.78 is 5.46. The van der Waals surface area contributed by atoms with Crippen LogP contribution in [0.4, 0.5) is 5.82 Å². The van der Waals surface area contributed by atoms with E-state index in [1.54, 1.807) is 6.20 Å². The second kappa shape index (κ2) is 6.97. The summed E-state index contributed by atoms with van der Waals surface area (Å²) in [6.07, 6.45) is 5.14. The summed E-state index contributed by atoms with van der Waals surface area (Å²) in [7, 11) is 0. The number of hydrogen-bond acceptors (Lipinski definition) is 4. The molecule has 1 aliphatic rings. The number of carbonyl (C=O) groups excluding carboxylic acids is 1. The van der Waals surface area contributed by atoms with E-state index in [1.165, 1.54) is 6.42 Å². The molecule has 5 nitrogen and oxygen atoms in total. The normalized spacial score (nSPS) is 15.1. The molecule has 1 aromatic rings. The van der Waals surface area contributed by atoms with E-state index in [-0.39, 0.29) is 12.5 Å². The Kier molecular flexibility index (Phi) is 5.01. The number of nitrogens with one attached hydrogen (secondary N) is 1. The average molecular weight is 263 g/mol. The van der Waals surface area contributed by atoms with Crippen molar-refractivity contribution in [2.45, 2.75) is 26.2 Å². The first-order valence-corrected chi connectivity index (χ1v) is 6.90. The molecule has 0 saturated carbocycles. The maximum absolute atomic E-state index is 12.0. The highest BCUT2D eigenvalue weighted by atomic mass is 16.5. The van der Waals surface area contributed by atoms with Gasteiger partial charge in [-0.2, -0.15) is 0 Å². The predicted octanol–water partition coefficient (Wildman–Crippen LogP) is 1.90. The molecule has 1 amide bonds. The van der Waals surface area contributed by atoms with Crippen molar-refractivity contribution in [2.75, 3.05) is 31.6 Å². The van der Waals surface area contributed by atoms with Crippen LogP contribution < -0.4 is 10.1 Å². The van der Waals surface area contributed by atoms with Gasteiger partial charge in [-0.15, -0.1) is 0 Å². The Balaban J connectivity index is 1.89. The van der Waals surface area contributed by atoms with Gasteiger partial charge in [-0.3, -0.25) is 4.79 Å². The molecule has 19 heavy (non-hydrogen) atoms. The first-order valence-electron chi connectivity index (χ1n) is 6.90. The molecule has 2 rings (SSSR count). The molecule has 1 aliphatic heterocycles. The lowest BCUT2D eigenvalue weighted by atomic mass is 10.1. The molecule has 0 bridgehead atoms. The zero-order chi connectivity index (χ0) is 13.5. The fourth-order valence-electron chi connectivity index (χ4n) is 2.21. The van der Waals surface area contributed by atoms with Gasteiger partial charge in [0, 0.05) is 19.3 Å². The van der Waals surface area contributed by atoms with Crippen LogP contribution >= 0.6 is 0 Å². The number of likely N-dealkylation sites (tertiary alicyclic amines) is 1. The Labute approximate surface area is 114 Å². The van der Waals surface area contributed by atoms with Gasteiger partial charge in [0.2, 0.25) is 5.91 Å². The summed E-state index contributed by atoms with van der Waals surface area (Å²) in [4.78, 5) is 18.2. The summed E-state index contributed by atoms with van der Waals surface area (Å²) in [6.45, 7) is 4.54. The van der Waals surface area contributed by atoms with E-state index < -0.39 is 0 Å². The van der Waals surface area contributed by atoms with Crippen molar-refractivity contribution in [1.29, 1.82) is 0 Å². The van der Waals surface area contributed by atoms with Crippen molar-refractivity contribution in [1.82, 2.24) is 9.88 Å². The third-order valence-electron chi connectivity index (χ3n) is 3.19. The molecular weight excluding hydrogens is 242 g/mol. The smallest absolute Gasteiger partial charge is 0.241 e. The molecule has 0 aliphatic carbocycles. The van der Waals surface area contributed by atoms with Crippen LogP contribution in [0, 0.1) is 0 Å². The minimum Gasteiger partial charge on any atom is -0.490 e. The molecular formula is C14H21N3O2. The highest BCUT2D eigenvalue weighted by Gasteiger charge is 2.16. The quantitative estimate of drug-likeness (QED) is 0.881. The van der Waals surface area contributed by atoms with Gasteiger partial charge in [-0.05, 0) is 38.3 Å². The van der Waals surface area contributed by atoms with Gasteiger partial charge in [0.05, 0.1) is 13.2 Å². The van der Waals surface area contributed by atoms with Gasteiger partial charge in [-0.25, -0.2) is 4.98 Å². The monoisotopic (exact) mass is 263 g/mol. The number of rotatable bonds is 5. The Morgan fingerprint density at radius 3 is 2.95 bits per heavy atom. The summed E-state index contributed by atoms with van der Waals surface area (Å²) in [5, 5.41) is 3.07. The number of amides is 1. The molecule has 104 valence electrons. The van der Waals surface area contributed by atoms with E-state index in [2.05, 4.69) is 10.3 Å². The van der Waals surface area contributed by atoms with E-state index in [1.807, 2.05) is 24.0 Å². The molecule has 0 spiro atoms. The number of carbonyl (C=O) groups is 1. The van der Waals surface area contributed by atoms with Crippen LogP contribution in [-0.4, -0.2) is 42.0 Å². The highest BCUT2D eigenvalue weighted by Crippen LogP contribution is 2.20. The molecule has 5 heteroatoms. The number of hydrogen-bond donors (Lipinski definition) is 1. The van der Waals surface area contributed by atoms with Crippen LogP contribution in [-0.2, 0) is 4.79 Å². The summed E-state index contributed by atoms with van der Waals surface area (Å²) in [5.74, 6) is 1.46. The van der Waals surface area contributed by atoms with Crippen molar-refractivity contribution in [3.8, 4) is 5.75 Å². The average Bonchev–Trinajstić information content (AvgIpc) is 2.47. The van der Waals surface area contributed by atoms with Crippen molar-refractivity contribution in [2.24, 2.45) is 0 Å². The van der Waals surface area contributed by atoms with Crippen molar-refractivity contribution in [3.05, 3.63) is 18.3 Å². The van der Waals surface area contributed by atoms with Gasteiger partial charge in [-0.1, -0.05) is 0 Å². The second-order valence-electron chi connectivity index (χ2n) is 4.58. The Morgan fingerprint density at radius 1 is 1.42 bits per heavy atom. The maximum atomic E-state index is 12.0. The third-order valence-corrected chi connectivity index (χ3v) is 3.19. The summed E-state index contributed by atoms with van der Waals surface area (Å²) >= 11 is 0. The zero-order valence-electron chi connectivity index (χ0n) is 11.4. The highest BCUT2D eigenvalue weighted by molar-refractivity contribution is 5.81. The maximum Gasteiger partial charge on any atom is 0.241 e. The zero-order valence-corrected chi connectivity index (χ0v) is 11.4. The molecule has 2 heterocycles. The summed E-state index contributed by atoms with van der Waals surface area (Å²) in [5.41, 5.74) is 0. The van der Waals surface area contributed by atoms with Gasteiger partial charge >= 0.3 is 0 Å². The SMILES string of the molecule is CCOc1cccnc1NCC(=O)N1CCCCC1. The Morgan fingerprint density at radius 2 is 2.21 bits per heavy atom. The minimum atomic E-state index is 0.132. The molecule has 0 unspecified atom stereocenters. The molecule has 1 fully saturated rings. The molecule has 0 radical (unpaired) electrons. The minimum absolute atomic E-state index is 0.132. The van der Waals surface area contributed by atoms with Crippen molar-refractivity contribution in [3.63, 3.8) is 0 Å². The number of nitrogens with zero attached hydrogens (tertiary/aromatic N) is 2. The van der Waals surface area contributed by atoms with Gasteiger partial charge in [0.15, 0.2) is 11.6 Å². The lowest BCUT2D eigenvalue weighted by Gasteiger charge is -2.26. The largest absolute Gasteiger partial charge is 0.490 e. The fraction of sp³-hybridized carbons (Fsp3) is 0.571. The second-order valence-corrected chi connectivity index (χ2v) is 4.58. The first kappa shape index (κ1) is 13.6. The van der Waals surface area contributed by atoms with Crippen LogP contribution in [0.25, 0.3) is 0 Å². The number of piperidine rings is 1. The van der Waals surface area contributed by atoms with Crippen LogP contribution in [0.1, 0.15) is 26.2 Å². The van der Waals surface area contributed by atoms with Gasteiger partial charge < -0.3 is 15.0 Å². The van der Waals surface area contributed by atoms with Crippen LogP contribution in [0.2, 0.25) is 0 Å². The molecule has 0 atom stereocenters. The first-order chi connectivity index (χ1) is 9.31. The molecule has 1 saturated heterocycles. The molecule has 1 N–H and O–H groups in total. The lowest BCUT2D eigenvalue weighted by Crippen LogP contribution is -2.39. The van der Waals surface area contributed by atoms with Crippen molar-refractivity contribution < 1.29 is 9.53 Å². The van der Waals surface area contributed by atoms with Crippen molar-refractivity contribution >= 4 is 11.7 Å². The third kappa shape index (κ3) is 3.84. The molecule has 0 aromatic carbocycles. The fourth-order valence-corrected chi connectivity index (χ4v) is 2.21. The van der Waals surface area contributed by atoms with E-state index in [0.717, 1.165) is 25.9 Å². The molecule has 1 aromatic heterocycles. The van der Waals surface area contributed by atoms with E-state index in [4.69, 9.17) is 4.74 Å². The summed E-state index contributed by atoms with van der Waals surface area (Å²) in [6, 6.07) is 3.67. The number of anilines is 1. The standard InChI is InChI=1S/C14H21N3O2/c1-2-19-12-7-6-8-15-14(12)16-11-13(18)17-9-4-3-5-10-17/h6-8H,2-5,9-11H2,1H3,(H,15,16). The van der Waals surface area contributed by atoms with Gasteiger partial charge in [0.1, 0.15) is 0 Å². The van der Waals surface area contributed by atoms with Crippen LogP contribution in [0.5, 0.6) is 5.75 Å². The van der Waals surface area contributed by atoms with Crippen LogP contribution in [0.3, 0.4) is 0 Å². The topological polar surface area (TPSA) is 54.5 Å². The van der Waals surface area contributed by atoms with E-state index >= 15 is 0 Å². The van der Waals surface area contributed by atoms with Gasteiger partial charge in [0.25, 0.3) is 0 Å².